The van der Waals surface area contributed by atoms with Crippen LogP contribution in [-0.2, 0) is 9.53 Å². The highest BCUT2D eigenvalue weighted by atomic mass is 16.5. The molecule has 4 aliphatic rings. The van der Waals surface area contributed by atoms with Crippen molar-refractivity contribution in [1.29, 1.82) is 0 Å². The van der Waals surface area contributed by atoms with E-state index in [2.05, 4.69) is 13.8 Å². The number of ether oxygens (including phenoxy) is 1. The van der Waals surface area contributed by atoms with Crippen molar-refractivity contribution < 1.29 is 19.7 Å². The molecule has 130 valence electrons. The molecule has 4 heteroatoms. The molecule has 4 rings (SSSR count). The minimum absolute atomic E-state index is 0.146. The van der Waals surface area contributed by atoms with Gasteiger partial charge in [0.1, 0.15) is 0 Å². The van der Waals surface area contributed by atoms with Crippen LogP contribution in [0.5, 0.6) is 0 Å². The second kappa shape index (κ2) is 5.19. The van der Waals surface area contributed by atoms with Gasteiger partial charge in [0.05, 0.1) is 24.7 Å². The maximum Gasteiger partial charge on any atom is 0.309 e. The van der Waals surface area contributed by atoms with E-state index in [0.29, 0.717) is 42.6 Å². The van der Waals surface area contributed by atoms with Crippen molar-refractivity contribution >= 4 is 5.97 Å². The van der Waals surface area contributed by atoms with Gasteiger partial charge in [-0.2, -0.15) is 0 Å². The number of cyclic esters (lactones) is 1. The predicted molar refractivity (Wildman–Crippen MR) is 85.5 cm³/mol. The molecule has 8 unspecified atom stereocenters. The van der Waals surface area contributed by atoms with Crippen LogP contribution in [0.15, 0.2) is 0 Å². The topological polar surface area (TPSA) is 66.8 Å². The summed E-state index contributed by atoms with van der Waals surface area (Å²) in [5.41, 5.74) is 0.178. The fraction of sp³-hybridized carbons (Fsp3) is 0.947. The Balaban J connectivity index is 1.71. The third kappa shape index (κ3) is 2.21. The fourth-order valence-electron chi connectivity index (χ4n) is 6.78. The Kier molecular flexibility index (Phi) is 3.59. The zero-order valence-corrected chi connectivity index (χ0v) is 14.3. The third-order valence-electron chi connectivity index (χ3n) is 8.13. The normalized spacial score (nSPS) is 56.1. The summed E-state index contributed by atoms with van der Waals surface area (Å²) in [6.07, 6.45) is 5.58. The molecule has 23 heavy (non-hydrogen) atoms. The van der Waals surface area contributed by atoms with Gasteiger partial charge in [-0.3, -0.25) is 4.79 Å². The van der Waals surface area contributed by atoms with Crippen molar-refractivity contribution in [2.75, 3.05) is 6.61 Å². The van der Waals surface area contributed by atoms with Crippen molar-refractivity contribution in [1.82, 2.24) is 0 Å². The lowest BCUT2D eigenvalue weighted by molar-refractivity contribution is -0.161. The van der Waals surface area contributed by atoms with Crippen LogP contribution in [0.1, 0.15) is 58.8 Å². The van der Waals surface area contributed by atoms with Crippen LogP contribution < -0.4 is 0 Å². The molecule has 4 nitrogen and oxygen atoms in total. The molecule has 8 atom stereocenters. The maximum atomic E-state index is 12.6. The molecule has 0 aromatic carbocycles. The van der Waals surface area contributed by atoms with E-state index in [-0.39, 0.29) is 17.3 Å². The minimum Gasteiger partial charge on any atom is -0.465 e. The average Bonchev–Trinajstić information content (AvgIpc) is 2.85. The number of hydrogen-bond donors (Lipinski definition) is 2. The fourth-order valence-corrected chi connectivity index (χ4v) is 6.78. The smallest absolute Gasteiger partial charge is 0.309 e. The summed E-state index contributed by atoms with van der Waals surface area (Å²) in [5.74, 6) is 1.10. The summed E-state index contributed by atoms with van der Waals surface area (Å²) in [7, 11) is 0. The Hall–Kier alpha value is -0.610. The molecule has 0 radical (unpaired) electrons. The number of fused-ring (bicyclic) bond motifs is 5. The average molecular weight is 322 g/mol. The van der Waals surface area contributed by atoms with Crippen molar-refractivity contribution in [3.05, 3.63) is 0 Å². The Bertz CT molecular complexity index is 506. The van der Waals surface area contributed by atoms with Gasteiger partial charge in [0, 0.05) is 0 Å². The van der Waals surface area contributed by atoms with Gasteiger partial charge in [-0.05, 0) is 67.1 Å². The van der Waals surface area contributed by atoms with Gasteiger partial charge in [0.2, 0.25) is 0 Å². The first-order chi connectivity index (χ1) is 10.8. The quantitative estimate of drug-likeness (QED) is 0.673. The van der Waals surface area contributed by atoms with E-state index >= 15 is 0 Å². The second-order valence-electron chi connectivity index (χ2n) is 9.22. The Morgan fingerprint density at radius 1 is 1.09 bits per heavy atom. The van der Waals surface area contributed by atoms with Gasteiger partial charge < -0.3 is 14.9 Å². The van der Waals surface area contributed by atoms with E-state index in [1.165, 1.54) is 25.7 Å². The number of aliphatic hydroxyl groups is 2. The third-order valence-corrected chi connectivity index (χ3v) is 8.13. The van der Waals surface area contributed by atoms with Crippen LogP contribution in [0.2, 0.25) is 0 Å². The largest absolute Gasteiger partial charge is 0.465 e. The Labute approximate surface area is 138 Å². The van der Waals surface area contributed by atoms with Gasteiger partial charge in [0.25, 0.3) is 0 Å². The first-order valence-corrected chi connectivity index (χ1v) is 9.38. The van der Waals surface area contributed by atoms with Gasteiger partial charge in [-0.15, -0.1) is 0 Å². The molecule has 1 saturated heterocycles. The molecule has 0 aromatic rings. The lowest BCUT2D eigenvalue weighted by atomic mass is 9.50. The molecule has 0 spiro atoms. The summed E-state index contributed by atoms with van der Waals surface area (Å²) in [4.78, 5) is 12.6. The van der Waals surface area contributed by atoms with Crippen molar-refractivity contribution in [3.63, 3.8) is 0 Å². The molecule has 0 bridgehead atoms. The number of esters is 1. The van der Waals surface area contributed by atoms with Gasteiger partial charge in [0.15, 0.2) is 0 Å². The van der Waals surface area contributed by atoms with Crippen LogP contribution in [0.25, 0.3) is 0 Å². The van der Waals surface area contributed by atoms with E-state index in [1.807, 2.05) is 0 Å². The molecule has 0 amide bonds. The van der Waals surface area contributed by atoms with Crippen LogP contribution in [0.3, 0.4) is 0 Å². The molecule has 4 fully saturated rings. The first kappa shape index (κ1) is 15.9. The van der Waals surface area contributed by atoms with Crippen molar-refractivity contribution in [3.8, 4) is 0 Å². The first-order valence-electron chi connectivity index (χ1n) is 9.38. The summed E-state index contributed by atoms with van der Waals surface area (Å²) in [6.45, 7) is 5.14. The SMILES string of the molecule is CC12CCCC1C1COC(=O)C3CC(O)C(O)CC3(C)C1CC2. The monoisotopic (exact) mass is 322 g/mol. The number of aliphatic hydroxyl groups excluding tert-OH is 2. The number of rotatable bonds is 0. The number of carbonyl (C=O) groups excluding carboxylic acids is 1. The zero-order chi connectivity index (χ0) is 16.4. The number of hydrogen-bond acceptors (Lipinski definition) is 4. The molecular formula is C19H30O4. The maximum absolute atomic E-state index is 12.6. The van der Waals surface area contributed by atoms with E-state index < -0.39 is 12.2 Å². The van der Waals surface area contributed by atoms with E-state index in [4.69, 9.17) is 4.74 Å². The highest BCUT2D eigenvalue weighted by molar-refractivity contribution is 5.74. The van der Waals surface area contributed by atoms with Crippen LogP contribution in [0.4, 0.5) is 0 Å². The predicted octanol–water partition coefficient (Wildman–Crippen LogP) is 2.51. The molecular weight excluding hydrogens is 292 g/mol. The second-order valence-corrected chi connectivity index (χ2v) is 9.22. The lowest BCUT2D eigenvalue weighted by Gasteiger charge is -2.54. The molecule has 3 saturated carbocycles. The lowest BCUT2D eigenvalue weighted by Crippen LogP contribution is -2.53. The van der Waals surface area contributed by atoms with Crippen molar-refractivity contribution in [2.45, 2.75) is 71.0 Å². The summed E-state index contributed by atoms with van der Waals surface area (Å²) < 4.78 is 5.71. The molecule has 1 heterocycles. The van der Waals surface area contributed by atoms with Crippen LogP contribution in [0, 0.1) is 34.5 Å². The van der Waals surface area contributed by atoms with E-state index in [0.717, 1.165) is 6.42 Å². The molecule has 3 aliphatic carbocycles. The summed E-state index contributed by atoms with van der Waals surface area (Å²) in [6, 6.07) is 0. The summed E-state index contributed by atoms with van der Waals surface area (Å²) in [5, 5.41) is 20.4. The summed E-state index contributed by atoms with van der Waals surface area (Å²) >= 11 is 0. The van der Waals surface area contributed by atoms with Crippen molar-refractivity contribution in [2.24, 2.45) is 34.5 Å². The molecule has 2 N–H and O–H groups in total. The molecule has 0 aromatic heterocycles. The minimum atomic E-state index is -0.794. The van der Waals surface area contributed by atoms with Crippen LogP contribution >= 0.6 is 0 Å². The van der Waals surface area contributed by atoms with Crippen LogP contribution in [-0.4, -0.2) is 35.0 Å². The van der Waals surface area contributed by atoms with Gasteiger partial charge in [-0.25, -0.2) is 0 Å². The molecule has 1 aliphatic heterocycles. The van der Waals surface area contributed by atoms with Gasteiger partial charge in [-0.1, -0.05) is 20.3 Å². The Morgan fingerprint density at radius 3 is 2.65 bits per heavy atom. The zero-order valence-electron chi connectivity index (χ0n) is 14.3. The highest BCUT2D eigenvalue weighted by Crippen LogP contribution is 2.63. The van der Waals surface area contributed by atoms with E-state index in [1.54, 1.807) is 0 Å². The standard InChI is InChI=1S/C19H30O4/c1-18-6-3-4-12(18)11-10-23-17(22)14-8-15(20)16(21)9-19(14,2)13(11)5-7-18/h11-16,20-21H,3-10H2,1-2H3. The number of carbonyl (C=O) groups is 1. The highest BCUT2D eigenvalue weighted by Gasteiger charge is 2.60. The van der Waals surface area contributed by atoms with E-state index in [9.17, 15) is 15.0 Å². The Morgan fingerprint density at radius 2 is 1.87 bits per heavy atom. The van der Waals surface area contributed by atoms with Gasteiger partial charge >= 0.3 is 5.97 Å².